The maximum Gasteiger partial charge on any atom is 0.139 e. The van der Waals surface area contributed by atoms with E-state index in [0.29, 0.717) is 0 Å². The fraction of sp³-hybridized carbons (Fsp3) is 0.0566. The molecule has 2 aromatic heterocycles. The predicted octanol–water partition coefficient (Wildman–Crippen LogP) is 15.7. The van der Waals surface area contributed by atoms with Crippen molar-refractivity contribution in [2.75, 3.05) is 9.80 Å². The van der Waals surface area contributed by atoms with Gasteiger partial charge in [-0.15, -0.1) is 0 Å². The zero-order valence-electron chi connectivity index (χ0n) is 32.0. The lowest BCUT2D eigenvalue weighted by atomic mass is 9.99. The number of aryl methyl sites for hydroxylation is 3. The van der Waals surface area contributed by atoms with Gasteiger partial charge in [0.2, 0.25) is 0 Å². The first kappa shape index (κ1) is 33.1. The van der Waals surface area contributed by atoms with Crippen molar-refractivity contribution >= 4 is 99.5 Å². The number of hydrogen-bond acceptors (Lipinski definition) is 4. The Hall–Kier alpha value is -7.30. The molecule has 0 radical (unpaired) electrons. The fourth-order valence-corrected chi connectivity index (χ4v) is 8.74. The van der Waals surface area contributed by atoms with E-state index in [4.69, 9.17) is 8.83 Å². The van der Waals surface area contributed by atoms with E-state index in [1.807, 2.05) is 0 Å². The smallest absolute Gasteiger partial charge is 0.139 e. The van der Waals surface area contributed by atoms with E-state index in [1.54, 1.807) is 0 Å². The van der Waals surface area contributed by atoms with E-state index in [0.717, 1.165) is 105 Å². The average molecular weight is 735 g/mol. The molecule has 0 amide bonds. The van der Waals surface area contributed by atoms with E-state index in [9.17, 15) is 0 Å². The van der Waals surface area contributed by atoms with Crippen LogP contribution in [-0.4, -0.2) is 0 Å². The van der Waals surface area contributed by atoms with Crippen LogP contribution in [0.25, 0.3) is 65.4 Å². The quantitative estimate of drug-likeness (QED) is 0.170. The molecule has 0 N–H and O–H groups in total. The molecule has 0 fully saturated rings. The van der Waals surface area contributed by atoms with Crippen molar-refractivity contribution in [3.8, 4) is 0 Å². The van der Waals surface area contributed by atoms with Crippen LogP contribution in [0.3, 0.4) is 0 Å². The average Bonchev–Trinajstić information content (AvgIpc) is 3.78. The van der Waals surface area contributed by atoms with Crippen molar-refractivity contribution in [2.24, 2.45) is 0 Å². The van der Waals surface area contributed by atoms with Crippen molar-refractivity contribution in [1.82, 2.24) is 0 Å². The molecular weight excluding hydrogens is 697 g/mol. The van der Waals surface area contributed by atoms with Gasteiger partial charge in [0.05, 0.1) is 0 Å². The number of para-hydroxylation sites is 4. The Bertz CT molecular complexity index is 3340. The second-order valence-corrected chi connectivity index (χ2v) is 15.1. The lowest BCUT2D eigenvalue weighted by Crippen LogP contribution is -2.11. The third-order valence-corrected chi connectivity index (χ3v) is 11.5. The summed E-state index contributed by atoms with van der Waals surface area (Å²) in [6.45, 7) is 6.44. The van der Waals surface area contributed by atoms with E-state index in [2.05, 4.69) is 206 Å². The monoisotopic (exact) mass is 734 g/mol. The Kier molecular flexibility index (Phi) is 7.48. The highest BCUT2D eigenvalue weighted by molar-refractivity contribution is 6.28. The van der Waals surface area contributed by atoms with Gasteiger partial charge in [0.15, 0.2) is 0 Å². The van der Waals surface area contributed by atoms with Gasteiger partial charge >= 0.3 is 0 Å². The molecule has 0 unspecified atom stereocenters. The molecular formula is C53H38N2O2. The van der Waals surface area contributed by atoms with Crippen molar-refractivity contribution in [2.45, 2.75) is 20.8 Å². The Morgan fingerprint density at radius 2 is 0.807 bits per heavy atom. The summed E-state index contributed by atoms with van der Waals surface area (Å²) in [5.74, 6) is 0. The van der Waals surface area contributed by atoms with Gasteiger partial charge < -0.3 is 18.6 Å². The summed E-state index contributed by atoms with van der Waals surface area (Å²) in [5.41, 5.74) is 13.7. The van der Waals surface area contributed by atoms with E-state index < -0.39 is 0 Å². The van der Waals surface area contributed by atoms with Gasteiger partial charge in [-0.2, -0.15) is 0 Å². The van der Waals surface area contributed by atoms with Crippen LogP contribution in [0.2, 0.25) is 0 Å². The van der Waals surface area contributed by atoms with Gasteiger partial charge in [0, 0.05) is 55.7 Å². The molecule has 0 bridgehead atoms. The summed E-state index contributed by atoms with van der Waals surface area (Å²) in [6, 6.07) is 62.8. The van der Waals surface area contributed by atoms with Crippen LogP contribution < -0.4 is 9.80 Å². The number of anilines is 6. The molecule has 0 aliphatic rings. The Labute approximate surface area is 330 Å². The predicted molar refractivity (Wildman–Crippen MR) is 240 cm³/mol. The van der Waals surface area contributed by atoms with Crippen LogP contribution in [-0.2, 0) is 0 Å². The number of furan rings is 2. The highest BCUT2D eigenvalue weighted by atomic mass is 16.3. The van der Waals surface area contributed by atoms with Crippen LogP contribution in [0.15, 0.2) is 185 Å². The molecule has 0 spiro atoms. The van der Waals surface area contributed by atoms with Crippen LogP contribution in [0.1, 0.15) is 16.7 Å². The van der Waals surface area contributed by atoms with Crippen LogP contribution in [0.4, 0.5) is 34.1 Å². The van der Waals surface area contributed by atoms with Crippen molar-refractivity contribution in [1.29, 1.82) is 0 Å². The first-order chi connectivity index (χ1) is 28.0. The Morgan fingerprint density at radius 3 is 1.33 bits per heavy atom. The molecule has 57 heavy (non-hydrogen) atoms. The van der Waals surface area contributed by atoms with Crippen LogP contribution >= 0.6 is 0 Å². The van der Waals surface area contributed by atoms with Crippen molar-refractivity contribution in [3.63, 3.8) is 0 Å². The highest BCUT2D eigenvalue weighted by Gasteiger charge is 2.21. The Morgan fingerprint density at radius 1 is 0.333 bits per heavy atom. The zero-order chi connectivity index (χ0) is 38.2. The summed E-state index contributed by atoms with van der Waals surface area (Å²) >= 11 is 0. The number of rotatable bonds is 6. The third-order valence-electron chi connectivity index (χ3n) is 11.5. The summed E-state index contributed by atoms with van der Waals surface area (Å²) in [4.78, 5) is 4.66. The van der Waals surface area contributed by atoms with Crippen LogP contribution in [0, 0.1) is 20.8 Å². The van der Waals surface area contributed by atoms with E-state index >= 15 is 0 Å². The first-order valence-corrected chi connectivity index (χ1v) is 19.5. The molecule has 11 rings (SSSR count). The molecule has 2 heterocycles. The third kappa shape index (κ3) is 5.37. The van der Waals surface area contributed by atoms with E-state index in [-0.39, 0.29) is 0 Å². The molecule has 0 aliphatic heterocycles. The number of hydrogen-bond donors (Lipinski definition) is 0. The largest absolute Gasteiger partial charge is 0.456 e. The molecule has 0 atom stereocenters. The van der Waals surface area contributed by atoms with Gasteiger partial charge in [-0.1, -0.05) is 84.9 Å². The lowest BCUT2D eigenvalue weighted by molar-refractivity contribution is 0.660. The van der Waals surface area contributed by atoms with Crippen molar-refractivity contribution in [3.05, 3.63) is 193 Å². The normalized spacial score (nSPS) is 11.8. The van der Waals surface area contributed by atoms with Gasteiger partial charge in [0.1, 0.15) is 22.3 Å². The SMILES string of the molecule is Cc1ccccc1N(c1ccccc1)c1ccc2cc3c(cc2c1)oc1cc(C)c2oc4cc5cc(N(c6ccccc6)c6ccccc6C)ccc5cc4c2c13. The van der Waals surface area contributed by atoms with Crippen molar-refractivity contribution < 1.29 is 8.83 Å². The topological polar surface area (TPSA) is 32.8 Å². The molecule has 11 aromatic rings. The minimum absolute atomic E-state index is 0.862. The molecule has 0 aliphatic carbocycles. The number of nitrogens with zero attached hydrogens (tertiary/aromatic N) is 2. The van der Waals surface area contributed by atoms with Crippen LogP contribution in [0.5, 0.6) is 0 Å². The zero-order valence-corrected chi connectivity index (χ0v) is 32.0. The summed E-state index contributed by atoms with van der Waals surface area (Å²) in [6.07, 6.45) is 0. The number of fused-ring (bicyclic) bond motifs is 9. The van der Waals surface area contributed by atoms with Gasteiger partial charge in [0.25, 0.3) is 0 Å². The number of benzene rings is 9. The summed E-state index contributed by atoms with van der Waals surface area (Å²) in [5, 5.41) is 8.92. The molecule has 9 aromatic carbocycles. The summed E-state index contributed by atoms with van der Waals surface area (Å²) in [7, 11) is 0. The lowest BCUT2D eigenvalue weighted by Gasteiger charge is -2.27. The minimum atomic E-state index is 0.862. The maximum absolute atomic E-state index is 6.77. The van der Waals surface area contributed by atoms with E-state index in [1.165, 1.54) is 11.1 Å². The second kappa shape index (κ2) is 12.9. The standard InChI is InChI=1S/C53H38N2O2/c1-33-14-10-12-20-46(33)54(40-16-6-4-7-17-40)42-24-22-36-29-44-48(31-38(36)27-42)56-50-26-35(3)53-52(51(44)50)45-30-37-23-25-43(28-39(37)32-49(45)57-53)55(41-18-8-5-9-19-41)47-21-13-11-15-34(47)2/h4-32H,1-3H3. The van der Waals surface area contributed by atoms with Gasteiger partial charge in [-0.3, -0.25) is 0 Å². The summed E-state index contributed by atoms with van der Waals surface area (Å²) < 4.78 is 13.5. The first-order valence-electron chi connectivity index (χ1n) is 19.5. The molecule has 4 nitrogen and oxygen atoms in total. The fourth-order valence-electron chi connectivity index (χ4n) is 8.74. The molecule has 4 heteroatoms. The maximum atomic E-state index is 6.77. The molecule has 0 saturated heterocycles. The second-order valence-electron chi connectivity index (χ2n) is 15.1. The van der Waals surface area contributed by atoms with Gasteiger partial charge in [-0.25, -0.2) is 0 Å². The molecule has 272 valence electrons. The highest BCUT2D eigenvalue weighted by Crippen LogP contribution is 2.45. The Balaban J connectivity index is 1.07. The minimum Gasteiger partial charge on any atom is -0.456 e. The molecule has 0 saturated carbocycles. The van der Waals surface area contributed by atoms with Gasteiger partial charge in [-0.05, 0) is 150 Å².